The molecule has 1 atom stereocenters. The SMILES string of the molecule is CCC(C)c1ccc(OS(=O)(=O)c2cccc(S(=O)(=O)N(C)C)c2)cc1. The van der Waals surface area contributed by atoms with Crippen molar-refractivity contribution in [1.82, 2.24) is 4.31 Å². The Morgan fingerprint density at radius 3 is 2.08 bits per heavy atom. The van der Waals surface area contributed by atoms with Crippen molar-refractivity contribution in [2.24, 2.45) is 0 Å². The summed E-state index contributed by atoms with van der Waals surface area (Å²) in [5.41, 5.74) is 1.09. The van der Waals surface area contributed by atoms with Crippen LogP contribution in [0.15, 0.2) is 58.3 Å². The normalized spacial score (nSPS) is 13.6. The Kier molecular flexibility index (Phi) is 6.10. The van der Waals surface area contributed by atoms with Crippen molar-refractivity contribution >= 4 is 20.1 Å². The largest absolute Gasteiger partial charge is 0.379 e. The molecule has 0 radical (unpaired) electrons. The lowest BCUT2D eigenvalue weighted by Crippen LogP contribution is -2.22. The topological polar surface area (TPSA) is 80.8 Å². The summed E-state index contributed by atoms with van der Waals surface area (Å²) in [5, 5.41) is 0. The van der Waals surface area contributed by atoms with E-state index in [0.717, 1.165) is 22.4 Å². The predicted molar refractivity (Wildman–Crippen MR) is 100 cm³/mol. The summed E-state index contributed by atoms with van der Waals surface area (Å²) in [6, 6.07) is 12.0. The van der Waals surface area contributed by atoms with E-state index in [-0.39, 0.29) is 15.5 Å². The zero-order valence-corrected chi connectivity index (χ0v) is 16.8. The van der Waals surface area contributed by atoms with Gasteiger partial charge in [0, 0.05) is 14.1 Å². The lowest BCUT2D eigenvalue weighted by Gasteiger charge is -2.13. The van der Waals surface area contributed by atoms with Gasteiger partial charge in [-0.15, -0.1) is 0 Å². The fourth-order valence-corrected chi connectivity index (χ4v) is 4.26. The summed E-state index contributed by atoms with van der Waals surface area (Å²) in [7, 11) is -5.12. The maximum Gasteiger partial charge on any atom is 0.339 e. The van der Waals surface area contributed by atoms with Crippen LogP contribution >= 0.6 is 0 Å². The summed E-state index contributed by atoms with van der Waals surface area (Å²) in [5.74, 6) is 0.548. The number of sulfonamides is 1. The van der Waals surface area contributed by atoms with Crippen molar-refractivity contribution in [2.75, 3.05) is 14.1 Å². The van der Waals surface area contributed by atoms with Crippen molar-refractivity contribution in [2.45, 2.75) is 36.0 Å². The van der Waals surface area contributed by atoms with Crippen LogP contribution in [-0.2, 0) is 20.1 Å². The third-order valence-electron chi connectivity index (χ3n) is 4.14. The van der Waals surface area contributed by atoms with Gasteiger partial charge >= 0.3 is 10.1 Å². The van der Waals surface area contributed by atoms with Crippen LogP contribution in [0.3, 0.4) is 0 Å². The van der Waals surface area contributed by atoms with Crippen LogP contribution in [0, 0.1) is 0 Å². The van der Waals surface area contributed by atoms with Crippen molar-refractivity contribution in [3.05, 3.63) is 54.1 Å². The highest BCUT2D eigenvalue weighted by atomic mass is 32.2. The second-order valence-corrected chi connectivity index (χ2v) is 9.88. The molecule has 0 N–H and O–H groups in total. The van der Waals surface area contributed by atoms with Gasteiger partial charge in [-0.25, -0.2) is 12.7 Å². The monoisotopic (exact) mass is 397 g/mol. The van der Waals surface area contributed by atoms with Crippen LogP contribution in [0.2, 0.25) is 0 Å². The Bertz CT molecular complexity index is 965. The summed E-state index contributed by atoms with van der Waals surface area (Å²) in [6.07, 6.45) is 0.978. The van der Waals surface area contributed by atoms with Crippen molar-refractivity contribution in [3.8, 4) is 5.75 Å². The van der Waals surface area contributed by atoms with E-state index < -0.39 is 20.1 Å². The lowest BCUT2D eigenvalue weighted by molar-refractivity contribution is 0.485. The third kappa shape index (κ3) is 4.44. The van der Waals surface area contributed by atoms with E-state index in [1.165, 1.54) is 32.3 Å². The minimum Gasteiger partial charge on any atom is -0.379 e. The molecule has 2 rings (SSSR count). The van der Waals surface area contributed by atoms with Crippen LogP contribution < -0.4 is 4.18 Å². The predicted octanol–water partition coefficient (Wildman–Crippen LogP) is 3.22. The maximum atomic E-state index is 12.5. The molecule has 0 saturated carbocycles. The first-order valence-electron chi connectivity index (χ1n) is 8.15. The highest BCUT2D eigenvalue weighted by molar-refractivity contribution is 7.89. The molecule has 0 aromatic heterocycles. The average Bonchev–Trinajstić information content (AvgIpc) is 2.61. The molecule has 8 heteroatoms. The third-order valence-corrected chi connectivity index (χ3v) is 7.19. The Labute approximate surface area is 155 Å². The Morgan fingerprint density at radius 2 is 1.54 bits per heavy atom. The van der Waals surface area contributed by atoms with Gasteiger partial charge in [-0.1, -0.05) is 32.0 Å². The van der Waals surface area contributed by atoms with Crippen LogP contribution in [0.5, 0.6) is 5.75 Å². The summed E-state index contributed by atoms with van der Waals surface area (Å²) in [6.45, 7) is 4.16. The fraction of sp³-hybridized carbons (Fsp3) is 0.333. The number of nitrogens with zero attached hydrogens (tertiary/aromatic N) is 1. The second-order valence-electron chi connectivity index (χ2n) is 6.18. The van der Waals surface area contributed by atoms with Gasteiger partial charge in [0.1, 0.15) is 10.6 Å². The number of rotatable bonds is 7. The van der Waals surface area contributed by atoms with Gasteiger partial charge < -0.3 is 4.18 Å². The zero-order chi connectivity index (χ0) is 19.5. The Balaban J connectivity index is 2.31. The summed E-state index contributed by atoms with van der Waals surface area (Å²) < 4.78 is 55.5. The molecule has 0 fully saturated rings. The van der Waals surface area contributed by atoms with Crippen LogP contribution in [0.4, 0.5) is 0 Å². The maximum absolute atomic E-state index is 12.5. The molecule has 0 amide bonds. The van der Waals surface area contributed by atoms with Gasteiger partial charge in [0.2, 0.25) is 10.0 Å². The first-order valence-corrected chi connectivity index (χ1v) is 11.0. The van der Waals surface area contributed by atoms with Gasteiger partial charge in [-0.3, -0.25) is 0 Å². The molecule has 2 aromatic rings. The first-order chi connectivity index (χ1) is 12.1. The van der Waals surface area contributed by atoms with E-state index >= 15 is 0 Å². The molecule has 26 heavy (non-hydrogen) atoms. The number of hydrogen-bond donors (Lipinski definition) is 0. The van der Waals surface area contributed by atoms with Gasteiger partial charge in [0.25, 0.3) is 0 Å². The standard InChI is InChI=1S/C18H23NO5S2/c1-5-14(2)15-9-11-16(12-10-15)24-26(22,23)18-8-6-7-17(13-18)25(20,21)19(3)4/h6-14H,5H2,1-4H3. The van der Waals surface area contributed by atoms with Crippen molar-refractivity contribution in [3.63, 3.8) is 0 Å². The quantitative estimate of drug-likeness (QED) is 0.670. The highest BCUT2D eigenvalue weighted by Gasteiger charge is 2.22. The lowest BCUT2D eigenvalue weighted by atomic mass is 9.99. The zero-order valence-electron chi connectivity index (χ0n) is 15.2. The van der Waals surface area contributed by atoms with Crippen molar-refractivity contribution < 1.29 is 21.0 Å². The molecule has 0 spiro atoms. The van der Waals surface area contributed by atoms with E-state index in [4.69, 9.17) is 4.18 Å². The van der Waals surface area contributed by atoms with Crippen LogP contribution in [0.1, 0.15) is 31.7 Å². The molecular weight excluding hydrogens is 374 g/mol. The Morgan fingerprint density at radius 1 is 0.962 bits per heavy atom. The molecule has 0 aliphatic carbocycles. The molecular formula is C18H23NO5S2. The average molecular weight is 398 g/mol. The molecule has 2 aromatic carbocycles. The van der Waals surface area contributed by atoms with Gasteiger partial charge in [-0.05, 0) is 48.2 Å². The summed E-state index contributed by atoms with van der Waals surface area (Å²) in [4.78, 5) is -0.328. The molecule has 0 aliphatic rings. The smallest absolute Gasteiger partial charge is 0.339 e. The summed E-state index contributed by atoms with van der Waals surface area (Å²) >= 11 is 0. The molecule has 1 unspecified atom stereocenters. The van der Waals surface area contributed by atoms with Gasteiger partial charge in [0.15, 0.2) is 0 Å². The second kappa shape index (κ2) is 7.77. The van der Waals surface area contributed by atoms with E-state index in [1.807, 2.05) is 12.1 Å². The molecule has 0 aliphatic heterocycles. The fourth-order valence-electron chi connectivity index (χ4n) is 2.26. The van der Waals surface area contributed by atoms with Gasteiger partial charge in [0.05, 0.1) is 4.90 Å². The van der Waals surface area contributed by atoms with Crippen LogP contribution in [-0.4, -0.2) is 35.2 Å². The first kappa shape index (κ1) is 20.4. The van der Waals surface area contributed by atoms with Crippen molar-refractivity contribution in [1.29, 1.82) is 0 Å². The highest BCUT2D eigenvalue weighted by Crippen LogP contribution is 2.25. The molecule has 0 saturated heterocycles. The Hall–Kier alpha value is -1.90. The van der Waals surface area contributed by atoms with E-state index in [9.17, 15) is 16.8 Å². The van der Waals surface area contributed by atoms with E-state index in [2.05, 4.69) is 13.8 Å². The molecule has 0 heterocycles. The van der Waals surface area contributed by atoms with E-state index in [0.29, 0.717) is 5.92 Å². The minimum atomic E-state index is -4.14. The van der Waals surface area contributed by atoms with Crippen LogP contribution in [0.25, 0.3) is 0 Å². The van der Waals surface area contributed by atoms with E-state index in [1.54, 1.807) is 12.1 Å². The number of hydrogen-bond acceptors (Lipinski definition) is 5. The number of benzene rings is 2. The minimum absolute atomic E-state index is 0.112. The molecule has 0 bridgehead atoms. The molecule has 6 nitrogen and oxygen atoms in total. The molecule has 142 valence electrons. The van der Waals surface area contributed by atoms with Gasteiger partial charge in [-0.2, -0.15) is 8.42 Å².